The van der Waals surface area contributed by atoms with Crippen molar-refractivity contribution >= 4 is 11.9 Å². The van der Waals surface area contributed by atoms with Gasteiger partial charge in [0.15, 0.2) is 0 Å². The Bertz CT molecular complexity index is 1280. The fourth-order valence-corrected chi connectivity index (χ4v) is 4.05. The predicted octanol–water partition coefficient (Wildman–Crippen LogP) is 6.79. The van der Waals surface area contributed by atoms with Gasteiger partial charge in [-0.25, -0.2) is 0 Å². The molecule has 0 saturated heterocycles. The van der Waals surface area contributed by atoms with Gasteiger partial charge in [0.1, 0.15) is 12.7 Å². The summed E-state index contributed by atoms with van der Waals surface area (Å²) in [6.45, 7) is 3.58. The Morgan fingerprint density at radius 3 is 1.14 bits per heavy atom. The summed E-state index contributed by atoms with van der Waals surface area (Å²) < 4.78 is 4.76. The maximum absolute atomic E-state index is 11.4. The third-order valence-corrected chi connectivity index (χ3v) is 7.08. The van der Waals surface area contributed by atoms with Gasteiger partial charge in [0.2, 0.25) is 0 Å². The van der Waals surface area contributed by atoms with Crippen molar-refractivity contribution in [2.24, 2.45) is 0 Å². The van der Waals surface area contributed by atoms with Gasteiger partial charge in [0.25, 0.3) is 0 Å². The molecule has 58 heavy (non-hydrogen) atoms. The van der Waals surface area contributed by atoms with Crippen LogP contribution in [-0.2, 0) is 14.3 Å². The summed E-state index contributed by atoms with van der Waals surface area (Å²) in [6, 6.07) is 0. The summed E-state index contributed by atoms with van der Waals surface area (Å²) >= 11 is 0. The Kier molecular flexibility index (Phi) is 58.2. The molecule has 9 heteroatoms. The number of aliphatic carboxylic acids is 1. The van der Waals surface area contributed by atoms with Crippen LogP contribution < -0.4 is 24.0 Å². The van der Waals surface area contributed by atoms with E-state index in [0.717, 1.165) is 64.2 Å². The largest absolute Gasteiger partial charge is 1.00 e. The summed E-state index contributed by atoms with van der Waals surface area (Å²) in [5, 5.41) is 47.2. The Morgan fingerprint density at radius 2 is 0.828 bits per heavy atom. The predicted molar refractivity (Wildman–Crippen MR) is 240 cm³/mol. The average molecular weight is 801 g/mol. The van der Waals surface area contributed by atoms with Crippen molar-refractivity contribution in [3.63, 3.8) is 0 Å². The van der Waals surface area contributed by atoms with Crippen molar-refractivity contribution in [3.05, 3.63) is 146 Å². The van der Waals surface area contributed by atoms with Crippen LogP contribution in [0.25, 0.3) is 0 Å². The molecular formula is C49H77LiO8. The number of hydrogen-bond donors (Lipinski definition) is 4. The van der Waals surface area contributed by atoms with Crippen LogP contribution >= 0.6 is 0 Å². The van der Waals surface area contributed by atoms with Crippen LogP contribution in [0.3, 0.4) is 0 Å². The molecule has 0 amide bonds. The molecule has 3 atom stereocenters. The molecule has 3 unspecified atom stereocenters. The van der Waals surface area contributed by atoms with Gasteiger partial charge in [-0.05, 0) is 83.5 Å². The number of ether oxygens (including phenoxy) is 1. The second kappa shape index (κ2) is 53.3. The maximum atomic E-state index is 11.4. The SMILES string of the molecule is C.C.CC/C=C\C/C=C\C/C=C\C/C=C\C/C=C\C=C\C(O)CCC(=O)OCC(O)CO.CC/C=C\C/C=C\C/C=C\C/C=C\C/C=C\C=C\C(O)CCC(=O)[O-].[Li+]. The van der Waals surface area contributed by atoms with Gasteiger partial charge < -0.3 is 35.1 Å². The molecule has 0 heterocycles. The van der Waals surface area contributed by atoms with Crippen molar-refractivity contribution in [1.82, 2.24) is 0 Å². The number of esters is 1. The summed E-state index contributed by atoms with van der Waals surface area (Å²) in [5.74, 6) is -1.65. The van der Waals surface area contributed by atoms with E-state index in [-0.39, 0.29) is 66.0 Å². The molecule has 0 radical (unpaired) electrons. The normalized spacial score (nSPS) is 13.9. The summed E-state index contributed by atoms with van der Waals surface area (Å²) in [6.07, 6.45) is 56.3. The minimum atomic E-state index is -1.14. The Hall–Kier alpha value is -3.74. The number of aliphatic hydroxyl groups excluding tert-OH is 4. The first kappa shape index (κ1) is 63.4. The van der Waals surface area contributed by atoms with E-state index < -0.39 is 36.9 Å². The molecule has 0 saturated carbocycles. The standard InChI is InChI=1S/C25H38O5.C22H32O3.2CH4.Li/c1-2-3-4-5-6-7-8-9-10-11-12-13-14-15-16-17-18-23(27)19-20-25(29)30-22-24(28)21-26;1-2-3-4-5-6-7-8-9-10-11-12-13-14-15-16-17-18-21(23)19-20-22(24)25;;;/h3-4,6-7,9-10,12-13,15-18,23-24,26-28H,2,5,8,11,14,19-22H2,1H3;3-4,6-7,9-10,12-13,15-18,21,23H,2,5,8,11,14,19-20H2,1H3,(H,24,25);2*1H4;/q;;;;+1/p-1/b2*4-3-,7-6-,10-9-,13-12-,16-15-,18-17+;;;. The molecule has 0 aromatic rings. The molecule has 0 aromatic heterocycles. The molecule has 322 valence electrons. The molecule has 0 rings (SSSR count). The van der Waals surface area contributed by atoms with E-state index in [1.165, 1.54) is 0 Å². The maximum Gasteiger partial charge on any atom is 1.00 e. The van der Waals surface area contributed by atoms with E-state index in [1.54, 1.807) is 24.3 Å². The van der Waals surface area contributed by atoms with Gasteiger partial charge >= 0.3 is 24.8 Å². The van der Waals surface area contributed by atoms with Gasteiger partial charge in [0.05, 0.1) is 18.8 Å². The van der Waals surface area contributed by atoms with Gasteiger partial charge in [-0.3, -0.25) is 4.79 Å². The molecule has 0 bridgehead atoms. The molecule has 0 aliphatic carbocycles. The summed E-state index contributed by atoms with van der Waals surface area (Å²) in [4.78, 5) is 21.7. The first-order valence-corrected chi connectivity index (χ1v) is 19.6. The average Bonchev–Trinajstić information content (AvgIpc) is 3.18. The monoisotopic (exact) mass is 801 g/mol. The molecular weight excluding hydrogens is 723 g/mol. The van der Waals surface area contributed by atoms with Gasteiger partial charge in [0, 0.05) is 12.4 Å². The second-order valence-corrected chi connectivity index (χ2v) is 12.2. The number of carboxylic acid groups (broad SMARTS) is 1. The van der Waals surface area contributed by atoms with E-state index in [4.69, 9.17) is 14.9 Å². The van der Waals surface area contributed by atoms with Gasteiger partial charge in [-0.2, -0.15) is 0 Å². The number of hydrogen-bond acceptors (Lipinski definition) is 8. The second-order valence-electron chi connectivity index (χ2n) is 12.2. The van der Waals surface area contributed by atoms with Crippen LogP contribution in [0.15, 0.2) is 146 Å². The minimum absolute atomic E-state index is 0. The Labute approximate surface area is 365 Å². The number of rotatable bonds is 31. The van der Waals surface area contributed by atoms with Crippen molar-refractivity contribution in [2.75, 3.05) is 13.2 Å². The van der Waals surface area contributed by atoms with Crippen molar-refractivity contribution in [3.8, 4) is 0 Å². The van der Waals surface area contributed by atoms with Crippen molar-refractivity contribution in [1.29, 1.82) is 0 Å². The zero-order valence-electron chi connectivity index (χ0n) is 34.3. The smallest absolute Gasteiger partial charge is 0.550 e. The third-order valence-electron chi connectivity index (χ3n) is 7.08. The van der Waals surface area contributed by atoms with Gasteiger partial charge in [-0.1, -0.05) is 175 Å². The number of allylic oxidation sites excluding steroid dienone is 22. The molecule has 4 N–H and O–H groups in total. The van der Waals surface area contributed by atoms with Crippen LogP contribution in [0.4, 0.5) is 0 Å². The topological polar surface area (TPSA) is 147 Å². The minimum Gasteiger partial charge on any atom is -0.550 e. The summed E-state index contributed by atoms with van der Waals surface area (Å²) in [7, 11) is 0. The molecule has 8 nitrogen and oxygen atoms in total. The third kappa shape index (κ3) is 56.6. The van der Waals surface area contributed by atoms with Crippen molar-refractivity contribution < 1.29 is 58.7 Å². The quantitative estimate of drug-likeness (QED) is 0.0260. The molecule has 0 aromatic carbocycles. The van der Waals surface area contributed by atoms with Crippen LogP contribution in [0.2, 0.25) is 0 Å². The van der Waals surface area contributed by atoms with Crippen LogP contribution in [0.5, 0.6) is 0 Å². The number of carbonyl (C=O) groups excluding carboxylic acids is 2. The zero-order chi connectivity index (χ0) is 40.9. The number of aliphatic hydroxyl groups is 4. The van der Waals surface area contributed by atoms with E-state index in [2.05, 4.69) is 111 Å². The van der Waals surface area contributed by atoms with Gasteiger partial charge in [-0.15, -0.1) is 0 Å². The summed E-state index contributed by atoms with van der Waals surface area (Å²) in [5.41, 5.74) is 0. The molecule has 0 aliphatic rings. The number of carbonyl (C=O) groups is 2. The first-order valence-electron chi connectivity index (χ1n) is 19.6. The Morgan fingerprint density at radius 1 is 0.517 bits per heavy atom. The Balaban J connectivity index is -0.000000311. The zero-order valence-corrected chi connectivity index (χ0v) is 34.3. The molecule has 0 fully saturated rings. The fraction of sp³-hybridized carbons (Fsp3) is 0.469. The van der Waals surface area contributed by atoms with E-state index in [0.29, 0.717) is 0 Å². The van der Waals surface area contributed by atoms with E-state index >= 15 is 0 Å². The van der Waals surface area contributed by atoms with Crippen LogP contribution in [-0.4, -0.2) is 63.9 Å². The fourth-order valence-electron chi connectivity index (χ4n) is 4.05. The van der Waals surface area contributed by atoms with Crippen LogP contribution in [0, 0.1) is 0 Å². The molecule has 0 spiro atoms. The van der Waals surface area contributed by atoms with E-state index in [9.17, 15) is 24.9 Å². The first-order chi connectivity index (χ1) is 26.8. The van der Waals surface area contributed by atoms with Crippen LogP contribution in [0.1, 0.15) is 119 Å². The van der Waals surface area contributed by atoms with Crippen molar-refractivity contribution in [2.45, 2.75) is 137 Å². The molecule has 0 aliphatic heterocycles. The number of carboxylic acids is 1. The van der Waals surface area contributed by atoms with E-state index in [1.807, 2.05) is 24.3 Å².